The first kappa shape index (κ1) is 30.0. The van der Waals surface area contributed by atoms with Crippen molar-refractivity contribution < 1.29 is 33.7 Å². The van der Waals surface area contributed by atoms with Crippen molar-refractivity contribution in [1.29, 1.82) is 0 Å². The number of oxazole rings is 2. The van der Waals surface area contributed by atoms with Crippen LogP contribution < -0.4 is 0 Å². The highest BCUT2D eigenvalue weighted by Crippen LogP contribution is 2.26. The molecule has 0 amide bonds. The minimum Gasteiger partial charge on any atom is -0.456 e. The van der Waals surface area contributed by atoms with Crippen LogP contribution in [0, 0.1) is 0 Å². The van der Waals surface area contributed by atoms with Gasteiger partial charge in [0.2, 0.25) is 5.89 Å². The lowest BCUT2D eigenvalue weighted by Gasteiger charge is -2.24. The SMILES string of the molecule is CCCCCCCCCCCCCC(=O)OC(CC(O)C(O)C(C)O)c1coc(Cc2cnco2)n1. The van der Waals surface area contributed by atoms with E-state index >= 15 is 0 Å². The third-order valence-electron chi connectivity index (χ3n) is 6.31. The van der Waals surface area contributed by atoms with Gasteiger partial charge >= 0.3 is 5.97 Å². The minimum atomic E-state index is -1.38. The van der Waals surface area contributed by atoms with Gasteiger partial charge in [-0.1, -0.05) is 71.1 Å². The standard InChI is InChI=1S/C27H44N2O7/c1-3-4-5-6-7-8-9-10-11-12-13-14-26(32)36-24(16-23(31)27(33)20(2)30)22-18-34-25(29-22)15-21-17-28-19-35-21/h17-20,23-24,27,30-31,33H,3-16H2,1-2H3. The Labute approximate surface area is 214 Å². The van der Waals surface area contributed by atoms with Gasteiger partial charge in [-0.25, -0.2) is 9.97 Å². The number of unbranched alkanes of at least 4 members (excludes halogenated alkanes) is 10. The average Bonchev–Trinajstić information content (AvgIpc) is 3.54. The molecule has 0 aliphatic carbocycles. The van der Waals surface area contributed by atoms with Crippen LogP contribution in [0.2, 0.25) is 0 Å². The molecule has 0 radical (unpaired) electrons. The number of hydrogen-bond acceptors (Lipinski definition) is 9. The molecule has 0 spiro atoms. The molecule has 0 aromatic carbocycles. The number of aliphatic hydroxyl groups excluding tert-OH is 3. The van der Waals surface area contributed by atoms with Crippen LogP contribution in [0.5, 0.6) is 0 Å². The van der Waals surface area contributed by atoms with E-state index in [1.165, 1.54) is 70.9 Å². The summed E-state index contributed by atoms with van der Waals surface area (Å²) in [6, 6.07) is 0. The summed E-state index contributed by atoms with van der Waals surface area (Å²) in [5.74, 6) is 0.520. The molecule has 0 aliphatic rings. The quantitative estimate of drug-likeness (QED) is 0.166. The lowest BCUT2D eigenvalue weighted by atomic mass is 10.0. The van der Waals surface area contributed by atoms with Gasteiger partial charge in [-0.2, -0.15) is 0 Å². The second-order valence-electron chi connectivity index (χ2n) is 9.61. The summed E-state index contributed by atoms with van der Waals surface area (Å²) in [6.07, 6.45) is 13.0. The average molecular weight is 509 g/mol. The van der Waals surface area contributed by atoms with Crippen LogP contribution in [0.25, 0.3) is 0 Å². The topological polar surface area (TPSA) is 139 Å². The van der Waals surface area contributed by atoms with E-state index in [0.717, 1.165) is 19.3 Å². The Hall–Kier alpha value is -2.23. The zero-order valence-electron chi connectivity index (χ0n) is 21.8. The smallest absolute Gasteiger partial charge is 0.306 e. The largest absolute Gasteiger partial charge is 0.456 e. The number of esters is 1. The van der Waals surface area contributed by atoms with E-state index in [2.05, 4.69) is 16.9 Å². The fraction of sp³-hybridized carbons (Fsp3) is 0.741. The molecule has 4 atom stereocenters. The molecule has 2 aromatic rings. The summed E-state index contributed by atoms with van der Waals surface area (Å²) in [6.45, 7) is 3.61. The van der Waals surface area contributed by atoms with Crippen molar-refractivity contribution in [2.75, 3.05) is 0 Å². The summed E-state index contributed by atoms with van der Waals surface area (Å²) in [4.78, 5) is 20.8. The molecule has 0 saturated heterocycles. The summed E-state index contributed by atoms with van der Waals surface area (Å²) >= 11 is 0. The number of rotatable bonds is 20. The molecule has 204 valence electrons. The highest BCUT2D eigenvalue weighted by molar-refractivity contribution is 5.69. The molecule has 2 rings (SSSR count). The van der Waals surface area contributed by atoms with E-state index in [4.69, 9.17) is 13.6 Å². The third-order valence-corrected chi connectivity index (χ3v) is 6.31. The molecule has 0 aliphatic heterocycles. The van der Waals surface area contributed by atoms with Crippen LogP contribution >= 0.6 is 0 Å². The first-order valence-electron chi connectivity index (χ1n) is 13.5. The molecule has 36 heavy (non-hydrogen) atoms. The van der Waals surface area contributed by atoms with Crippen molar-refractivity contribution in [3.63, 3.8) is 0 Å². The summed E-state index contributed by atoms with van der Waals surface area (Å²) < 4.78 is 16.3. The maximum atomic E-state index is 12.5. The Bertz CT molecular complexity index is 822. The molecule has 9 nitrogen and oxygen atoms in total. The lowest BCUT2D eigenvalue weighted by Crippen LogP contribution is -2.37. The Morgan fingerprint density at radius 1 is 0.972 bits per heavy atom. The van der Waals surface area contributed by atoms with Gasteiger partial charge in [0.1, 0.15) is 29.9 Å². The maximum Gasteiger partial charge on any atom is 0.306 e. The number of aromatic nitrogens is 2. The molecule has 0 fully saturated rings. The van der Waals surface area contributed by atoms with Gasteiger partial charge in [0.25, 0.3) is 0 Å². The molecule has 0 bridgehead atoms. The van der Waals surface area contributed by atoms with Crippen LogP contribution in [0.4, 0.5) is 0 Å². The van der Waals surface area contributed by atoms with Crippen molar-refractivity contribution in [2.45, 2.75) is 128 Å². The van der Waals surface area contributed by atoms with Gasteiger partial charge in [0.05, 0.1) is 24.8 Å². The number of ether oxygens (including phenoxy) is 1. The monoisotopic (exact) mass is 508 g/mol. The minimum absolute atomic E-state index is 0.121. The molecular weight excluding hydrogens is 464 g/mol. The van der Waals surface area contributed by atoms with Crippen LogP contribution in [0.3, 0.4) is 0 Å². The fourth-order valence-corrected chi connectivity index (χ4v) is 4.09. The van der Waals surface area contributed by atoms with Gasteiger partial charge in [0, 0.05) is 12.8 Å². The predicted molar refractivity (Wildman–Crippen MR) is 134 cm³/mol. The fourth-order valence-electron chi connectivity index (χ4n) is 4.09. The number of carbonyl (C=O) groups is 1. The van der Waals surface area contributed by atoms with E-state index in [0.29, 0.717) is 17.3 Å². The van der Waals surface area contributed by atoms with Crippen molar-refractivity contribution in [1.82, 2.24) is 9.97 Å². The molecule has 2 heterocycles. The Morgan fingerprint density at radius 2 is 1.61 bits per heavy atom. The first-order chi connectivity index (χ1) is 17.4. The van der Waals surface area contributed by atoms with Gasteiger partial charge in [-0.3, -0.25) is 4.79 Å². The highest BCUT2D eigenvalue weighted by atomic mass is 16.5. The third kappa shape index (κ3) is 11.7. The number of nitrogens with zero attached hydrogens (tertiary/aromatic N) is 2. The molecule has 2 aromatic heterocycles. The van der Waals surface area contributed by atoms with Gasteiger partial charge in [0.15, 0.2) is 6.39 Å². The van der Waals surface area contributed by atoms with Crippen LogP contribution in [-0.4, -0.2) is 49.6 Å². The summed E-state index contributed by atoms with van der Waals surface area (Å²) in [5.41, 5.74) is 0.327. The van der Waals surface area contributed by atoms with E-state index in [1.54, 1.807) is 6.20 Å². The Kier molecular flexibility index (Phi) is 14.4. The Balaban J connectivity index is 1.78. The van der Waals surface area contributed by atoms with Gasteiger partial charge in [-0.05, 0) is 13.3 Å². The van der Waals surface area contributed by atoms with Crippen LogP contribution in [0.1, 0.15) is 121 Å². The number of aliphatic hydroxyl groups is 3. The van der Waals surface area contributed by atoms with E-state index in [1.807, 2.05) is 0 Å². The number of hydrogen-bond donors (Lipinski definition) is 3. The zero-order valence-corrected chi connectivity index (χ0v) is 21.8. The van der Waals surface area contributed by atoms with Crippen LogP contribution in [-0.2, 0) is 16.0 Å². The van der Waals surface area contributed by atoms with E-state index in [9.17, 15) is 20.1 Å². The van der Waals surface area contributed by atoms with Crippen molar-refractivity contribution >= 4 is 5.97 Å². The summed E-state index contributed by atoms with van der Waals surface area (Å²) in [5, 5.41) is 30.0. The van der Waals surface area contributed by atoms with Crippen molar-refractivity contribution in [2.24, 2.45) is 0 Å². The Morgan fingerprint density at radius 3 is 2.19 bits per heavy atom. The predicted octanol–water partition coefficient (Wildman–Crippen LogP) is 5.03. The highest BCUT2D eigenvalue weighted by Gasteiger charge is 2.29. The molecule has 0 saturated carbocycles. The first-order valence-corrected chi connectivity index (χ1v) is 13.5. The van der Waals surface area contributed by atoms with E-state index in [-0.39, 0.29) is 19.3 Å². The second-order valence-corrected chi connectivity index (χ2v) is 9.61. The van der Waals surface area contributed by atoms with Gasteiger partial charge in [-0.15, -0.1) is 0 Å². The summed E-state index contributed by atoms with van der Waals surface area (Å²) in [7, 11) is 0. The van der Waals surface area contributed by atoms with Crippen LogP contribution in [0.15, 0.2) is 27.7 Å². The molecule has 4 unspecified atom stereocenters. The zero-order chi connectivity index (χ0) is 26.2. The molecule has 9 heteroatoms. The second kappa shape index (κ2) is 17.3. The lowest BCUT2D eigenvalue weighted by molar-refractivity contribution is -0.153. The molecular formula is C27H44N2O7. The maximum absolute atomic E-state index is 12.5. The van der Waals surface area contributed by atoms with Crippen molar-refractivity contribution in [3.05, 3.63) is 36.2 Å². The molecule has 3 N–H and O–H groups in total. The van der Waals surface area contributed by atoms with E-state index < -0.39 is 30.4 Å². The normalized spacial score (nSPS) is 14.9. The number of carbonyl (C=O) groups excluding carboxylic acids is 1. The van der Waals surface area contributed by atoms with Crippen molar-refractivity contribution in [3.8, 4) is 0 Å². The van der Waals surface area contributed by atoms with Gasteiger partial charge < -0.3 is 28.9 Å².